The lowest BCUT2D eigenvalue weighted by atomic mass is 10.1. The Hall–Kier alpha value is -0.570. The summed E-state index contributed by atoms with van der Waals surface area (Å²) in [5.74, 6) is 0.817. The lowest BCUT2D eigenvalue weighted by Crippen LogP contribution is -2.36. The molecule has 0 radical (unpaired) electrons. The Bertz CT molecular complexity index is 211. The summed E-state index contributed by atoms with van der Waals surface area (Å²) in [6, 6.07) is 0. The molecule has 0 amide bonds. The third-order valence-electron chi connectivity index (χ3n) is 3.74. The van der Waals surface area contributed by atoms with Crippen LogP contribution in [0.1, 0.15) is 12.8 Å². The van der Waals surface area contributed by atoms with Crippen LogP contribution in [-0.2, 0) is 9.53 Å². The Balaban J connectivity index is 1.94. The highest BCUT2D eigenvalue weighted by Gasteiger charge is 2.77. The molecule has 1 N–H and O–H groups in total. The van der Waals surface area contributed by atoms with Crippen molar-refractivity contribution < 1.29 is 14.6 Å². The van der Waals surface area contributed by atoms with Gasteiger partial charge in [0.15, 0.2) is 0 Å². The SMILES string of the molecule is O=COC1(O)C2CC3C(C2)C31. The number of aliphatic hydroxyl groups is 1. The lowest BCUT2D eigenvalue weighted by molar-refractivity contribution is -0.212. The standard InChI is InChI=1S/C8H10O3/c9-3-11-8(10)4-1-5-6(2-4)7(5)8/h3-7,10H,1-2H2. The highest BCUT2D eigenvalue weighted by Crippen LogP contribution is 2.74. The summed E-state index contributed by atoms with van der Waals surface area (Å²) in [7, 11) is 0. The van der Waals surface area contributed by atoms with Gasteiger partial charge >= 0.3 is 0 Å². The number of hydrogen-bond donors (Lipinski definition) is 1. The predicted octanol–water partition coefficient (Wildman–Crippen LogP) is 0.134. The molecule has 3 unspecified atom stereocenters. The second-order valence-electron chi connectivity index (χ2n) is 3.99. The first-order valence-electron chi connectivity index (χ1n) is 4.11. The molecule has 0 aromatic rings. The normalized spacial score (nSPS) is 63.0. The number of rotatable bonds is 2. The zero-order valence-corrected chi connectivity index (χ0v) is 6.06. The summed E-state index contributed by atoms with van der Waals surface area (Å²) >= 11 is 0. The third kappa shape index (κ3) is 0.466. The zero-order valence-electron chi connectivity index (χ0n) is 6.06. The van der Waals surface area contributed by atoms with Gasteiger partial charge in [0, 0.05) is 11.8 Å². The van der Waals surface area contributed by atoms with Crippen molar-refractivity contribution in [2.75, 3.05) is 0 Å². The maximum atomic E-state index is 10.1. The van der Waals surface area contributed by atoms with Crippen molar-refractivity contribution in [1.29, 1.82) is 0 Å². The van der Waals surface area contributed by atoms with Crippen molar-refractivity contribution in [1.82, 2.24) is 0 Å². The molecular formula is C8H10O3. The largest absolute Gasteiger partial charge is 0.435 e. The fraction of sp³-hybridized carbons (Fsp3) is 0.875. The number of ether oxygens (including phenoxy) is 1. The first-order valence-corrected chi connectivity index (χ1v) is 4.11. The van der Waals surface area contributed by atoms with Crippen molar-refractivity contribution in [2.45, 2.75) is 18.6 Å². The van der Waals surface area contributed by atoms with E-state index < -0.39 is 5.79 Å². The molecule has 3 heteroatoms. The topological polar surface area (TPSA) is 46.5 Å². The molecule has 4 aliphatic rings. The van der Waals surface area contributed by atoms with E-state index in [-0.39, 0.29) is 11.8 Å². The van der Waals surface area contributed by atoms with E-state index in [4.69, 9.17) is 4.74 Å². The van der Waals surface area contributed by atoms with Gasteiger partial charge < -0.3 is 9.84 Å². The Morgan fingerprint density at radius 2 is 2.09 bits per heavy atom. The summed E-state index contributed by atoms with van der Waals surface area (Å²) in [6.45, 7) is 0.385. The molecule has 0 aromatic carbocycles. The van der Waals surface area contributed by atoms with Crippen molar-refractivity contribution in [3.8, 4) is 0 Å². The van der Waals surface area contributed by atoms with Crippen molar-refractivity contribution in [3.63, 3.8) is 0 Å². The average Bonchev–Trinajstić information content (AvgIpc) is 2.35. The Labute approximate surface area is 64.3 Å². The van der Waals surface area contributed by atoms with E-state index in [1.54, 1.807) is 0 Å². The lowest BCUT2D eigenvalue weighted by Gasteiger charge is -2.24. The summed E-state index contributed by atoms with van der Waals surface area (Å²) in [6.07, 6.45) is 2.14. The number of hydrogen-bond acceptors (Lipinski definition) is 3. The van der Waals surface area contributed by atoms with Gasteiger partial charge in [0.2, 0.25) is 5.79 Å². The fourth-order valence-electron chi connectivity index (χ4n) is 3.32. The van der Waals surface area contributed by atoms with Crippen LogP contribution in [0.15, 0.2) is 0 Å². The van der Waals surface area contributed by atoms with Crippen molar-refractivity contribution in [2.24, 2.45) is 23.7 Å². The molecule has 4 saturated carbocycles. The summed E-state index contributed by atoms with van der Waals surface area (Å²) < 4.78 is 4.77. The highest BCUT2D eigenvalue weighted by molar-refractivity contribution is 5.40. The second kappa shape index (κ2) is 1.46. The third-order valence-corrected chi connectivity index (χ3v) is 3.74. The molecule has 0 heterocycles. The van der Waals surface area contributed by atoms with Gasteiger partial charge in [0.1, 0.15) is 0 Å². The van der Waals surface area contributed by atoms with E-state index in [0.29, 0.717) is 18.3 Å². The minimum absolute atomic E-state index is 0.243. The Kier molecular flexibility index (Phi) is 0.796. The van der Waals surface area contributed by atoms with Crippen LogP contribution in [-0.4, -0.2) is 17.4 Å². The average molecular weight is 154 g/mol. The molecule has 4 rings (SSSR count). The van der Waals surface area contributed by atoms with Gasteiger partial charge in [-0.15, -0.1) is 0 Å². The molecular weight excluding hydrogens is 144 g/mol. The van der Waals surface area contributed by atoms with Crippen LogP contribution in [0.2, 0.25) is 0 Å². The van der Waals surface area contributed by atoms with Crippen molar-refractivity contribution >= 4 is 6.47 Å². The van der Waals surface area contributed by atoms with Gasteiger partial charge in [-0.05, 0) is 24.7 Å². The van der Waals surface area contributed by atoms with Crippen LogP contribution in [0.4, 0.5) is 0 Å². The maximum Gasteiger partial charge on any atom is 0.295 e. The Morgan fingerprint density at radius 3 is 2.45 bits per heavy atom. The molecule has 0 aliphatic heterocycles. The van der Waals surface area contributed by atoms with Crippen molar-refractivity contribution in [3.05, 3.63) is 0 Å². The number of carbonyl (C=O) groups is 1. The van der Waals surface area contributed by atoms with E-state index in [1.165, 1.54) is 0 Å². The van der Waals surface area contributed by atoms with E-state index in [1.807, 2.05) is 0 Å². The first-order chi connectivity index (χ1) is 5.27. The second-order valence-corrected chi connectivity index (χ2v) is 3.99. The van der Waals surface area contributed by atoms with E-state index in [2.05, 4.69) is 0 Å². The molecule has 0 aromatic heterocycles. The molecule has 60 valence electrons. The van der Waals surface area contributed by atoms with Crippen LogP contribution in [0.5, 0.6) is 0 Å². The first kappa shape index (κ1) is 6.00. The smallest absolute Gasteiger partial charge is 0.295 e. The fourth-order valence-corrected chi connectivity index (χ4v) is 3.32. The van der Waals surface area contributed by atoms with Gasteiger partial charge in [-0.1, -0.05) is 0 Å². The van der Waals surface area contributed by atoms with E-state index in [9.17, 15) is 9.90 Å². The molecule has 3 nitrogen and oxygen atoms in total. The predicted molar refractivity (Wildman–Crippen MR) is 35.3 cm³/mol. The van der Waals surface area contributed by atoms with Gasteiger partial charge in [-0.25, -0.2) is 0 Å². The van der Waals surface area contributed by atoms with E-state index >= 15 is 0 Å². The minimum Gasteiger partial charge on any atom is -0.435 e. The molecule has 3 atom stereocenters. The van der Waals surface area contributed by atoms with Crippen LogP contribution in [0, 0.1) is 23.7 Å². The van der Waals surface area contributed by atoms with Gasteiger partial charge in [0.05, 0.1) is 0 Å². The highest BCUT2D eigenvalue weighted by atomic mass is 16.6. The zero-order chi connectivity index (χ0) is 7.64. The van der Waals surface area contributed by atoms with Crippen LogP contribution in [0.3, 0.4) is 0 Å². The monoisotopic (exact) mass is 154 g/mol. The molecule has 0 saturated heterocycles. The van der Waals surface area contributed by atoms with Crippen LogP contribution < -0.4 is 0 Å². The van der Waals surface area contributed by atoms with Crippen LogP contribution >= 0.6 is 0 Å². The molecule has 0 spiro atoms. The maximum absolute atomic E-state index is 10.1. The van der Waals surface area contributed by atoms with E-state index in [0.717, 1.165) is 12.8 Å². The Morgan fingerprint density at radius 1 is 1.45 bits per heavy atom. The molecule has 11 heavy (non-hydrogen) atoms. The number of carbonyl (C=O) groups excluding carboxylic acids is 1. The van der Waals surface area contributed by atoms with Gasteiger partial charge in [-0.3, -0.25) is 4.79 Å². The quantitative estimate of drug-likeness (QED) is 0.454. The molecule has 4 aliphatic carbocycles. The summed E-state index contributed by atoms with van der Waals surface area (Å²) in [4.78, 5) is 10.1. The minimum atomic E-state index is -1.06. The molecule has 4 bridgehead atoms. The summed E-state index contributed by atoms with van der Waals surface area (Å²) in [5, 5.41) is 9.86. The van der Waals surface area contributed by atoms with Gasteiger partial charge in [-0.2, -0.15) is 0 Å². The van der Waals surface area contributed by atoms with Gasteiger partial charge in [0.25, 0.3) is 6.47 Å². The summed E-state index contributed by atoms with van der Waals surface area (Å²) in [5.41, 5.74) is 0. The molecule has 4 fully saturated rings. The van der Waals surface area contributed by atoms with Crippen LogP contribution in [0.25, 0.3) is 0 Å².